The summed E-state index contributed by atoms with van der Waals surface area (Å²) in [4.78, 5) is 3.77. The fraction of sp³-hybridized carbons (Fsp3) is 0.125. The van der Waals surface area contributed by atoms with Gasteiger partial charge in [0, 0.05) is 6.07 Å². The number of ether oxygens (including phenoxy) is 1. The summed E-state index contributed by atoms with van der Waals surface area (Å²) in [7, 11) is 0. The first-order valence-electron chi connectivity index (χ1n) is 3.11. The molecule has 0 radical (unpaired) electrons. The first kappa shape index (κ1) is 9.18. The van der Waals surface area contributed by atoms with Crippen molar-refractivity contribution in [2.24, 2.45) is 0 Å². The highest BCUT2D eigenvalue weighted by Gasteiger charge is 2.00. The van der Waals surface area contributed by atoms with Crippen LogP contribution >= 0.6 is 23.2 Å². The Kier molecular flexibility index (Phi) is 3.21. The van der Waals surface area contributed by atoms with Crippen molar-refractivity contribution in [1.82, 2.24) is 4.98 Å². The molecular weight excluding hydrogens is 197 g/mol. The van der Waals surface area contributed by atoms with Crippen LogP contribution in [0, 0.1) is 12.3 Å². The minimum Gasteiger partial charge on any atom is -0.479 e. The lowest BCUT2D eigenvalue weighted by Gasteiger charge is -2.01. The van der Waals surface area contributed by atoms with Crippen molar-refractivity contribution in [3.63, 3.8) is 0 Å². The van der Waals surface area contributed by atoms with E-state index in [-0.39, 0.29) is 11.8 Å². The van der Waals surface area contributed by atoms with Crippen molar-refractivity contribution in [2.75, 3.05) is 6.61 Å². The van der Waals surface area contributed by atoms with Crippen LogP contribution in [0.4, 0.5) is 0 Å². The van der Waals surface area contributed by atoms with Crippen molar-refractivity contribution in [1.29, 1.82) is 0 Å². The summed E-state index contributed by atoms with van der Waals surface area (Å²) in [6, 6.07) is 1.56. The van der Waals surface area contributed by atoms with Crippen LogP contribution in [0.25, 0.3) is 0 Å². The summed E-state index contributed by atoms with van der Waals surface area (Å²) in [6.45, 7) is 0.194. The zero-order valence-electron chi connectivity index (χ0n) is 6.05. The standard InChI is InChI=1S/C8H5Cl2NO/c1-2-3-12-6-4-7(9)8(10)11-5-6/h1,4-5H,3H2. The van der Waals surface area contributed by atoms with Crippen LogP contribution in [0.3, 0.4) is 0 Å². The van der Waals surface area contributed by atoms with Crippen LogP contribution in [-0.2, 0) is 0 Å². The van der Waals surface area contributed by atoms with Gasteiger partial charge in [0.2, 0.25) is 0 Å². The predicted molar refractivity (Wildman–Crippen MR) is 48.6 cm³/mol. The number of rotatable bonds is 2. The molecule has 0 fully saturated rings. The molecule has 62 valence electrons. The van der Waals surface area contributed by atoms with E-state index in [0.717, 1.165) is 0 Å². The van der Waals surface area contributed by atoms with Gasteiger partial charge in [-0.1, -0.05) is 29.1 Å². The smallest absolute Gasteiger partial charge is 0.148 e. The summed E-state index contributed by atoms with van der Waals surface area (Å²) in [5.74, 6) is 2.84. The minimum absolute atomic E-state index is 0.194. The lowest BCUT2D eigenvalue weighted by Crippen LogP contribution is -1.93. The molecule has 0 aliphatic carbocycles. The molecule has 0 aliphatic rings. The second-order valence-corrected chi connectivity index (χ2v) is 2.70. The van der Waals surface area contributed by atoms with E-state index in [0.29, 0.717) is 10.8 Å². The molecule has 1 aromatic heterocycles. The van der Waals surface area contributed by atoms with E-state index in [1.165, 1.54) is 6.20 Å². The highest BCUT2D eigenvalue weighted by molar-refractivity contribution is 6.41. The summed E-state index contributed by atoms with van der Waals surface area (Å²) >= 11 is 11.2. The number of nitrogens with zero attached hydrogens (tertiary/aromatic N) is 1. The number of aromatic nitrogens is 1. The molecule has 12 heavy (non-hydrogen) atoms. The van der Waals surface area contributed by atoms with E-state index in [4.69, 9.17) is 34.4 Å². The van der Waals surface area contributed by atoms with Gasteiger partial charge in [-0.25, -0.2) is 4.98 Å². The fourth-order valence-corrected chi connectivity index (χ4v) is 0.867. The third-order valence-electron chi connectivity index (χ3n) is 1.09. The largest absolute Gasteiger partial charge is 0.479 e. The van der Waals surface area contributed by atoms with Gasteiger partial charge in [-0.3, -0.25) is 0 Å². The van der Waals surface area contributed by atoms with Gasteiger partial charge < -0.3 is 4.74 Å². The number of hydrogen-bond acceptors (Lipinski definition) is 2. The topological polar surface area (TPSA) is 22.1 Å². The molecule has 0 amide bonds. The summed E-state index contributed by atoms with van der Waals surface area (Å²) in [6.07, 6.45) is 6.45. The van der Waals surface area contributed by atoms with Crippen molar-refractivity contribution in [2.45, 2.75) is 0 Å². The van der Waals surface area contributed by atoms with E-state index < -0.39 is 0 Å². The average molecular weight is 202 g/mol. The van der Waals surface area contributed by atoms with Gasteiger partial charge in [-0.2, -0.15) is 0 Å². The van der Waals surface area contributed by atoms with Crippen molar-refractivity contribution in [3.8, 4) is 18.1 Å². The van der Waals surface area contributed by atoms with Crippen LogP contribution in [0.5, 0.6) is 5.75 Å². The second kappa shape index (κ2) is 4.20. The Hall–Kier alpha value is -0.910. The van der Waals surface area contributed by atoms with Gasteiger partial charge in [-0.05, 0) is 0 Å². The maximum atomic E-state index is 5.67. The zero-order valence-corrected chi connectivity index (χ0v) is 7.56. The van der Waals surface area contributed by atoms with Gasteiger partial charge in [0.1, 0.15) is 17.5 Å². The van der Waals surface area contributed by atoms with Crippen molar-refractivity contribution >= 4 is 23.2 Å². The molecule has 0 aliphatic heterocycles. The lowest BCUT2D eigenvalue weighted by molar-refractivity contribution is 0.369. The molecule has 1 aromatic rings. The summed E-state index contributed by atoms with van der Waals surface area (Å²) in [5, 5.41) is 0.607. The molecule has 0 aromatic carbocycles. The number of terminal acetylenes is 1. The Morgan fingerprint density at radius 2 is 2.33 bits per heavy atom. The molecule has 4 heteroatoms. The quantitative estimate of drug-likeness (QED) is 0.542. The van der Waals surface area contributed by atoms with E-state index in [9.17, 15) is 0 Å². The molecule has 0 unspecified atom stereocenters. The van der Waals surface area contributed by atoms with Crippen LogP contribution in [0.15, 0.2) is 12.3 Å². The fourth-order valence-electron chi connectivity index (χ4n) is 0.608. The van der Waals surface area contributed by atoms with E-state index in [1.54, 1.807) is 6.07 Å². The molecule has 0 N–H and O–H groups in total. The Morgan fingerprint density at radius 3 is 2.92 bits per heavy atom. The highest BCUT2D eigenvalue weighted by atomic mass is 35.5. The zero-order chi connectivity index (χ0) is 8.97. The Balaban J connectivity index is 2.77. The normalized spacial score (nSPS) is 9.08. The second-order valence-electron chi connectivity index (χ2n) is 1.94. The van der Waals surface area contributed by atoms with Crippen molar-refractivity contribution in [3.05, 3.63) is 22.4 Å². The monoisotopic (exact) mass is 201 g/mol. The Bertz CT molecular complexity index is 319. The summed E-state index contributed by atoms with van der Waals surface area (Å²) in [5.41, 5.74) is 0. The predicted octanol–water partition coefficient (Wildman–Crippen LogP) is 2.40. The maximum absolute atomic E-state index is 5.67. The first-order chi connectivity index (χ1) is 5.74. The molecule has 1 rings (SSSR count). The maximum Gasteiger partial charge on any atom is 0.148 e. The van der Waals surface area contributed by atoms with Gasteiger partial charge in [0.05, 0.1) is 11.2 Å². The van der Waals surface area contributed by atoms with E-state index >= 15 is 0 Å². The molecule has 2 nitrogen and oxygen atoms in total. The third kappa shape index (κ3) is 2.30. The molecule has 0 bridgehead atoms. The molecular formula is C8H5Cl2NO. The Labute approximate surface area is 80.5 Å². The lowest BCUT2D eigenvalue weighted by atomic mass is 10.4. The summed E-state index contributed by atoms with van der Waals surface area (Å²) < 4.78 is 5.05. The van der Waals surface area contributed by atoms with Crippen LogP contribution in [0.2, 0.25) is 10.2 Å². The molecule has 0 atom stereocenters. The number of hydrogen-bond donors (Lipinski definition) is 0. The number of pyridine rings is 1. The minimum atomic E-state index is 0.194. The van der Waals surface area contributed by atoms with E-state index in [2.05, 4.69) is 10.9 Å². The SMILES string of the molecule is C#CCOc1cnc(Cl)c(Cl)c1. The molecule has 0 saturated carbocycles. The van der Waals surface area contributed by atoms with E-state index in [1.807, 2.05) is 0 Å². The van der Waals surface area contributed by atoms with Gasteiger partial charge >= 0.3 is 0 Å². The molecule has 0 saturated heterocycles. The van der Waals surface area contributed by atoms with Gasteiger partial charge in [0.15, 0.2) is 0 Å². The van der Waals surface area contributed by atoms with Gasteiger partial charge in [0.25, 0.3) is 0 Å². The average Bonchev–Trinajstić information content (AvgIpc) is 2.07. The van der Waals surface area contributed by atoms with Crippen LogP contribution in [-0.4, -0.2) is 11.6 Å². The van der Waals surface area contributed by atoms with Gasteiger partial charge in [-0.15, -0.1) is 6.42 Å². The highest BCUT2D eigenvalue weighted by Crippen LogP contribution is 2.23. The third-order valence-corrected chi connectivity index (χ3v) is 1.78. The molecule has 1 heterocycles. The van der Waals surface area contributed by atoms with Crippen LogP contribution < -0.4 is 4.74 Å². The molecule has 0 spiro atoms. The Morgan fingerprint density at radius 1 is 1.58 bits per heavy atom. The number of halogens is 2. The first-order valence-corrected chi connectivity index (χ1v) is 3.87. The van der Waals surface area contributed by atoms with Crippen LogP contribution in [0.1, 0.15) is 0 Å². The van der Waals surface area contributed by atoms with Crippen molar-refractivity contribution < 1.29 is 4.74 Å².